The second-order valence-electron chi connectivity index (χ2n) is 8.20. The summed E-state index contributed by atoms with van der Waals surface area (Å²) in [4.78, 5) is 0. The molecular formula is C21H20. The molecule has 104 valence electrons. The number of benzene rings is 2. The number of hydrogen-bond acceptors (Lipinski definition) is 0. The molecule has 0 N–H and O–H groups in total. The van der Waals surface area contributed by atoms with Crippen LogP contribution in [0, 0.1) is 29.1 Å². The smallest absolute Gasteiger partial charge is 0.00815 e. The van der Waals surface area contributed by atoms with E-state index < -0.39 is 0 Å². The van der Waals surface area contributed by atoms with Crippen molar-refractivity contribution in [1.29, 1.82) is 0 Å². The zero-order valence-electron chi connectivity index (χ0n) is 12.6. The Bertz CT molecular complexity index is 666. The topological polar surface area (TPSA) is 0 Å². The van der Waals surface area contributed by atoms with E-state index in [4.69, 9.17) is 0 Å². The van der Waals surface area contributed by atoms with Crippen LogP contribution in [0.15, 0.2) is 60.7 Å². The van der Waals surface area contributed by atoms with Crippen molar-refractivity contribution < 1.29 is 0 Å². The molecule has 21 heavy (non-hydrogen) atoms. The van der Waals surface area contributed by atoms with E-state index in [0.717, 1.165) is 23.7 Å². The maximum Gasteiger partial charge on any atom is 0.00815 e. The zero-order chi connectivity index (χ0) is 14.0. The van der Waals surface area contributed by atoms with Gasteiger partial charge in [-0.15, -0.1) is 0 Å². The maximum atomic E-state index is 2.56. The molecule has 5 aliphatic carbocycles. The fraction of sp³-hybridized carbons (Fsp3) is 0.429. The van der Waals surface area contributed by atoms with Crippen molar-refractivity contribution in [2.24, 2.45) is 29.1 Å². The van der Waals surface area contributed by atoms with Crippen molar-refractivity contribution in [3.8, 4) is 0 Å². The molecule has 0 nitrogen and oxygen atoms in total. The maximum absolute atomic E-state index is 2.56. The Morgan fingerprint density at radius 2 is 0.905 bits per heavy atom. The molecule has 0 atom stereocenters. The van der Waals surface area contributed by atoms with Gasteiger partial charge in [-0.25, -0.2) is 0 Å². The molecule has 2 aromatic rings. The van der Waals surface area contributed by atoms with Crippen LogP contribution in [0.3, 0.4) is 0 Å². The van der Waals surface area contributed by atoms with Gasteiger partial charge in [0.1, 0.15) is 0 Å². The van der Waals surface area contributed by atoms with E-state index in [9.17, 15) is 0 Å². The van der Waals surface area contributed by atoms with Crippen molar-refractivity contribution in [2.75, 3.05) is 0 Å². The second-order valence-corrected chi connectivity index (χ2v) is 8.20. The van der Waals surface area contributed by atoms with Crippen LogP contribution < -0.4 is 0 Å². The minimum Gasteiger partial charge on any atom is -0.0622 e. The van der Waals surface area contributed by atoms with Crippen molar-refractivity contribution in [3.63, 3.8) is 0 Å². The molecule has 5 aliphatic rings. The molecule has 5 saturated carbocycles. The van der Waals surface area contributed by atoms with Crippen molar-refractivity contribution in [2.45, 2.75) is 24.7 Å². The van der Waals surface area contributed by atoms with Gasteiger partial charge in [-0.1, -0.05) is 74.5 Å². The molecular weight excluding hydrogens is 252 g/mol. The third kappa shape index (κ3) is 0.770. The fourth-order valence-corrected chi connectivity index (χ4v) is 7.69. The van der Waals surface area contributed by atoms with Gasteiger partial charge in [-0.3, -0.25) is 0 Å². The third-order valence-electron chi connectivity index (χ3n) is 8.00. The van der Waals surface area contributed by atoms with Crippen LogP contribution in [0.4, 0.5) is 0 Å². The van der Waals surface area contributed by atoms with Gasteiger partial charge in [0.2, 0.25) is 0 Å². The first-order chi connectivity index (χ1) is 10.2. The van der Waals surface area contributed by atoms with Crippen LogP contribution in [-0.2, 0) is 10.8 Å². The second kappa shape index (κ2) is 2.84. The Kier molecular flexibility index (Phi) is 1.50. The van der Waals surface area contributed by atoms with E-state index in [0.29, 0.717) is 16.2 Å². The van der Waals surface area contributed by atoms with Crippen molar-refractivity contribution in [3.05, 3.63) is 71.8 Å². The van der Waals surface area contributed by atoms with Crippen molar-refractivity contribution >= 4 is 0 Å². The summed E-state index contributed by atoms with van der Waals surface area (Å²) in [6.45, 7) is 5.12. The van der Waals surface area contributed by atoms with Gasteiger partial charge in [0.15, 0.2) is 0 Å². The molecule has 0 amide bonds. The van der Waals surface area contributed by atoms with E-state index in [-0.39, 0.29) is 0 Å². The summed E-state index contributed by atoms with van der Waals surface area (Å²) >= 11 is 0. The molecule has 0 aromatic heterocycles. The lowest BCUT2D eigenvalue weighted by Gasteiger charge is -2.38. The third-order valence-corrected chi connectivity index (χ3v) is 8.00. The van der Waals surface area contributed by atoms with E-state index in [2.05, 4.69) is 74.5 Å². The number of rotatable bonds is 2. The summed E-state index contributed by atoms with van der Waals surface area (Å²) in [6, 6.07) is 22.8. The predicted molar refractivity (Wildman–Crippen MR) is 84.0 cm³/mol. The SMILES string of the molecule is CC1(C)C2(c3ccccc3)C3C2C2C3C21c1ccccc1. The van der Waals surface area contributed by atoms with Gasteiger partial charge in [-0.2, -0.15) is 0 Å². The summed E-state index contributed by atoms with van der Waals surface area (Å²) < 4.78 is 0. The Hall–Kier alpha value is -1.56. The molecule has 0 radical (unpaired) electrons. The highest BCUT2D eigenvalue weighted by atomic mass is 15.1. The fourth-order valence-electron chi connectivity index (χ4n) is 7.69. The average Bonchev–Trinajstić information content (AvgIpc) is 3.26. The highest BCUT2D eigenvalue weighted by molar-refractivity contribution is 5.67. The van der Waals surface area contributed by atoms with Crippen molar-refractivity contribution in [1.82, 2.24) is 0 Å². The molecule has 0 spiro atoms. The summed E-state index contributed by atoms with van der Waals surface area (Å²) in [5.74, 6) is 3.89. The van der Waals surface area contributed by atoms with Gasteiger partial charge in [0, 0.05) is 10.8 Å². The minimum atomic E-state index is 0.396. The summed E-state index contributed by atoms with van der Waals surface area (Å²) in [5.41, 5.74) is 4.60. The Morgan fingerprint density at radius 1 is 0.571 bits per heavy atom. The van der Waals surface area contributed by atoms with Crippen LogP contribution >= 0.6 is 0 Å². The highest BCUT2D eigenvalue weighted by Crippen LogP contribution is 3.06. The molecule has 2 aromatic carbocycles. The van der Waals surface area contributed by atoms with Gasteiger partial charge in [0.05, 0.1) is 0 Å². The van der Waals surface area contributed by atoms with Crippen LogP contribution in [0.25, 0.3) is 0 Å². The largest absolute Gasteiger partial charge is 0.0622 e. The monoisotopic (exact) mass is 272 g/mol. The summed E-state index contributed by atoms with van der Waals surface area (Å²) in [7, 11) is 0. The molecule has 5 fully saturated rings. The van der Waals surface area contributed by atoms with Gasteiger partial charge >= 0.3 is 0 Å². The lowest BCUT2D eigenvalue weighted by Crippen LogP contribution is -2.36. The molecule has 2 bridgehead atoms. The molecule has 7 rings (SSSR count). The first-order valence-corrected chi connectivity index (χ1v) is 8.31. The van der Waals surface area contributed by atoms with Crippen LogP contribution in [0.2, 0.25) is 0 Å². The van der Waals surface area contributed by atoms with Gasteiger partial charge in [0.25, 0.3) is 0 Å². The van der Waals surface area contributed by atoms with Crippen LogP contribution in [0.1, 0.15) is 25.0 Å². The standard InChI is InChI=1S/C21H20/c1-19(2)20(13-9-5-3-6-10-13)15-16(20)18-17(15)21(18,19)14-11-7-4-8-12-14/h3-12,15-18H,1-2H3. The molecule has 0 heteroatoms. The Morgan fingerprint density at radius 3 is 1.24 bits per heavy atom. The number of hydrogen-bond donors (Lipinski definition) is 0. The Labute approximate surface area is 126 Å². The van der Waals surface area contributed by atoms with E-state index >= 15 is 0 Å². The van der Waals surface area contributed by atoms with Crippen LogP contribution in [0.5, 0.6) is 0 Å². The van der Waals surface area contributed by atoms with Crippen LogP contribution in [-0.4, -0.2) is 0 Å². The van der Waals surface area contributed by atoms with E-state index in [1.165, 1.54) is 0 Å². The van der Waals surface area contributed by atoms with E-state index in [1.807, 2.05) is 0 Å². The average molecular weight is 272 g/mol. The molecule has 0 saturated heterocycles. The molecule has 0 heterocycles. The Balaban J connectivity index is 1.59. The first kappa shape index (κ1) is 11.1. The summed E-state index contributed by atoms with van der Waals surface area (Å²) in [5, 5.41) is 0. The lowest BCUT2D eigenvalue weighted by atomic mass is 9.65. The minimum absolute atomic E-state index is 0.396. The van der Waals surface area contributed by atoms with Gasteiger partial charge in [-0.05, 0) is 40.2 Å². The normalized spacial score (nSPS) is 49.2. The predicted octanol–water partition coefficient (Wildman–Crippen LogP) is 4.41. The lowest BCUT2D eigenvalue weighted by molar-refractivity contribution is 0.233. The van der Waals surface area contributed by atoms with E-state index in [1.54, 1.807) is 11.1 Å². The summed E-state index contributed by atoms with van der Waals surface area (Å²) in [6.07, 6.45) is 0. The first-order valence-electron chi connectivity index (χ1n) is 8.31. The molecule has 0 aliphatic heterocycles. The van der Waals surface area contributed by atoms with Gasteiger partial charge < -0.3 is 0 Å². The highest BCUT2D eigenvalue weighted by Gasteiger charge is 3.07. The zero-order valence-corrected chi connectivity index (χ0v) is 12.6. The molecule has 0 unspecified atom stereocenters. The quantitative estimate of drug-likeness (QED) is 0.759.